The molecule has 0 spiro atoms. The van der Waals surface area contributed by atoms with Crippen LogP contribution in [-0.2, 0) is 14.3 Å². The number of amides is 1. The number of hydrogen-bond acceptors (Lipinski definition) is 7. The lowest BCUT2D eigenvalue weighted by atomic mass is 10.1. The molecule has 0 radical (unpaired) electrons. The zero-order valence-corrected chi connectivity index (χ0v) is 17.8. The SMILES string of the molecule is CCOc1cc(C(=O)CCC(=O)O[C@@H](C)C(=O)Nc2ncc(Cl)cc2Cl)ccc1O. The number of carbonyl (C=O) groups is 3. The first-order valence-corrected chi connectivity index (χ1v) is 9.77. The number of nitrogens with zero attached hydrogens (tertiary/aromatic N) is 1. The number of pyridine rings is 1. The Kier molecular flexibility index (Phi) is 8.44. The van der Waals surface area contributed by atoms with Gasteiger partial charge in [-0.25, -0.2) is 4.98 Å². The van der Waals surface area contributed by atoms with Crippen molar-refractivity contribution >= 4 is 46.7 Å². The molecule has 1 amide bonds. The highest BCUT2D eigenvalue weighted by molar-refractivity contribution is 6.36. The number of aromatic nitrogens is 1. The van der Waals surface area contributed by atoms with Gasteiger partial charge in [-0.1, -0.05) is 23.2 Å². The molecule has 1 aromatic heterocycles. The summed E-state index contributed by atoms with van der Waals surface area (Å²) in [7, 11) is 0. The Bertz CT molecular complexity index is 951. The third-order valence-corrected chi connectivity index (χ3v) is 4.36. The number of nitrogens with one attached hydrogen (secondary N) is 1. The summed E-state index contributed by atoms with van der Waals surface area (Å²) in [5.41, 5.74) is 0.290. The van der Waals surface area contributed by atoms with E-state index in [9.17, 15) is 19.5 Å². The van der Waals surface area contributed by atoms with Crippen molar-refractivity contribution in [1.29, 1.82) is 0 Å². The number of rotatable bonds is 9. The summed E-state index contributed by atoms with van der Waals surface area (Å²) in [6.07, 6.45) is -0.166. The van der Waals surface area contributed by atoms with Crippen LogP contribution in [0.5, 0.6) is 11.5 Å². The number of phenols is 1. The fraction of sp³-hybridized carbons (Fsp3) is 0.300. The minimum atomic E-state index is -1.13. The zero-order chi connectivity index (χ0) is 22.3. The van der Waals surface area contributed by atoms with Crippen molar-refractivity contribution in [3.05, 3.63) is 46.1 Å². The normalized spacial score (nSPS) is 11.5. The van der Waals surface area contributed by atoms with Crippen molar-refractivity contribution in [3.8, 4) is 11.5 Å². The first-order chi connectivity index (χ1) is 14.2. The summed E-state index contributed by atoms with van der Waals surface area (Å²) in [5, 5.41) is 12.6. The lowest BCUT2D eigenvalue weighted by Crippen LogP contribution is -2.30. The first kappa shape index (κ1) is 23.4. The van der Waals surface area contributed by atoms with E-state index in [0.29, 0.717) is 17.2 Å². The quantitative estimate of drug-likeness (QED) is 0.434. The lowest BCUT2D eigenvalue weighted by molar-refractivity contribution is -0.153. The Morgan fingerprint density at radius 3 is 2.60 bits per heavy atom. The first-order valence-electron chi connectivity index (χ1n) is 9.01. The number of ether oxygens (including phenoxy) is 2. The van der Waals surface area contributed by atoms with E-state index in [2.05, 4.69) is 10.3 Å². The number of ketones is 1. The van der Waals surface area contributed by atoms with Crippen molar-refractivity contribution < 1.29 is 29.0 Å². The molecule has 1 aromatic carbocycles. The molecule has 0 unspecified atom stereocenters. The van der Waals surface area contributed by atoms with Crippen LogP contribution in [0.1, 0.15) is 37.0 Å². The van der Waals surface area contributed by atoms with Gasteiger partial charge in [-0.05, 0) is 38.1 Å². The number of aromatic hydroxyl groups is 1. The summed E-state index contributed by atoms with van der Waals surface area (Å²) in [6.45, 7) is 3.46. The Morgan fingerprint density at radius 2 is 1.93 bits per heavy atom. The smallest absolute Gasteiger partial charge is 0.307 e. The molecule has 160 valence electrons. The Morgan fingerprint density at radius 1 is 1.20 bits per heavy atom. The summed E-state index contributed by atoms with van der Waals surface area (Å²) in [6, 6.07) is 5.60. The molecule has 0 aliphatic carbocycles. The molecule has 0 saturated carbocycles. The molecule has 1 heterocycles. The molecule has 0 bridgehead atoms. The average molecular weight is 455 g/mol. The number of phenolic OH excluding ortho intramolecular Hbond substituents is 1. The van der Waals surface area contributed by atoms with E-state index in [1.54, 1.807) is 6.92 Å². The molecule has 0 saturated heterocycles. The molecule has 0 aliphatic rings. The molecule has 30 heavy (non-hydrogen) atoms. The molecule has 1 atom stereocenters. The maximum Gasteiger partial charge on any atom is 0.307 e. The van der Waals surface area contributed by atoms with Crippen molar-refractivity contribution in [2.45, 2.75) is 32.8 Å². The lowest BCUT2D eigenvalue weighted by Gasteiger charge is -2.14. The second-order valence-electron chi connectivity index (χ2n) is 6.14. The van der Waals surface area contributed by atoms with Gasteiger partial charge in [0, 0.05) is 18.2 Å². The predicted molar refractivity (Wildman–Crippen MR) is 111 cm³/mol. The van der Waals surface area contributed by atoms with E-state index < -0.39 is 18.0 Å². The standard InChI is InChI=1S/C20H20Cl2N2O6/c1-3-29-17-8-12(4-5-16(17)26)15(25)6-7-18(27)30-11(2)20(28)24-19-14(22)9-13(21)10-23-19/h4-5,8-11,26H,3,6-7H2,1-2H3,(H,23,24,28)/t11-/m0/s1. The summed E-state index contributed by atoms with van der Waals surface area (Å²) >= 11 is 11.7. The summed E-state index contributed by atoms with van der Waals surface area (Å²) in [4.78, 5) is 40.3. The van der Waals surface area contributed by atoms with Gasteiger partial charge in [0.25, 0.3) is 5.91 Å². The number of halogens is 2. The van der Waals surface area contributed by atoms with Gasteiger partial charge in [0.1, 0.15) is 0 Å². The van der Waals surface area contributed by atoms with Gasteiger partial charge in [-0.15, -0.1) is 0 Å². The van der Waals surface area contributed by atoms with Crippen LogP contribution in [0.4, 0.5) is 5.82 Å². The molecule has 2 N–H and O–H groups in total. The minimum Gasteiger partial charge on any atom is -0.504 e. The third-order valence-electron chi connectivity index (χ3n) is 3.86. The number of esters is 1. The maximum atomic E-state index is 12.3. The van der Waals surface area contributed by atoms with Crippen LogP contribution in [0.3, 0.4) is 0 Å². The largest absolute Gasteiger partial charge is 0.504 e. The van der Waals surface area contributed by atoms with E-state index in [1.165, 1.54) is 37.4 Å². The number of benzene rings is 1. The Hall–Kier alpha value is -2.84. The van der Waals surface area contributed by atoms with Gasteiger partial charge in [-0.2, -0.15) is 0 Å². The van der Waals surface area contributed by atoms with Crippen LogP contribution in [0.15, 0.2) is 30.5 Å². The van der Waals surface area contributed by atoms with Crippen molar-refractivity contribution in [2.75, 3.05) is 11.9 Å². The Balaban J connectivity index is 1.86. The van der Waals surface area contributed by atoms with E-state index in [0.717, 1.165) is 0 Å². The summed E-state index contributed by atoms with van der Waals surface area (Å²) in [5.74, 6) is -1.49. The third kappa shape index (κ3) is 6.60. The van der Waals surface area contributed by atoms with E-state index in [4.69, 9.17) is 32.7 Å². The fourth-order valence-corrected chi connectivity index (χ4v) is 2.78. The maximum absolute atomic E-state index is 12.3. The average Bonchev–Trinajstić information content (AvgIpc) is 2.70. The summed E-state index contributed by atoms with van der Waals surface area (Å²) < 4.78 is 10.3. The van der Waals surface area contributed by atoms with Gasteiger partial charge in [0.15, 0.2) is 29.2 Å². The van der Waals surface area contributed by atoms with Crippen LogP contribution in [0, 0.1) is 0 Å². The van der Waals surface area contributed by atoms with E-state index >= 15 is 0 Å². The van der Waals surface area contributed by atoms with Crippen LogP contribution in [0.25, 0.3) is 0 Å². The van der Waals surface area contributed by atoms with Gasteiger partial charge in [-0.3, -0.25) is 14.4 Å². The van der Waals surface area contributed by atoms with Crippen LogP contribution >= 0.6 is 23.2 Å². The Labute approximate surface area is 183 Å². The van der Waals surface area contributed by atoms with E-state index in [1.807, 2.05) is 0 Å². The van der Waals surface area contributed by atoms with Gasteiger partial charge in [0.05, 0.1) is 23.1 Å². The number of hydrogen-bond donors (Lipinski definition) is 2. The molecular formula is C20H20Cl2N2O6. The van der Waals surface area contributed by atoms with Gasteiger partial charge in [0.2, 0.25) is 0 Å². The number of carbonyl (C=O) groups excluding carboxylic acids is 3. The van der Waals surface area contributed by atoms with Crippen LogP contribution in [-0.4, -0.2) is 40.5 Å². The van der Waals surface area contributed by atoms with Crippen molar-refractivity contribution in [3.63, 3.8) is 0 Å². The van der Waals surface area contributed by atoms with Crippen LogP contribution in [0.2, 0.25) is 10.0 Å². The molecule has 10 heteroatoms. The molecule has 8 nitrogen and oxygen atoms in total. The second-order valence-corrected chi connectivity index (χ2v) is 6.99. The highest BCUT2D eigenvalue weighted by atomic mass is 35.5. The van der Waals surface area contributed by atoms with Crippen molar-refractivity contribution in [1.82, 2.24) is 4.98 Å². The molecule has 2 rings (SSSR count). The zero-order valence-electron chi connectivity index (χ0n) is 16.3. The van der Waals surface area contributed by atoms with E-state index in [-0.39, 0.29) is 41.0 Å². The monoisotopic (exact) mass is 454 g/mol. The van der Waals surface area contributed by atoms with Gasteiger partial charge < -0.3 is 19.9 Å². The minimum absolute atomic E-state index is 0.0806. The number of Topliss-reactive ketones (excluding diaryl/α,β-unsaturated/α-hetero) is 1. The highest BCUT2D eigenvalue weighted by Gasteiger charge is 2.20. The predicted octanol–water partition coefficient (Wildman–Crippen LogP) is 4.03. The molecule has 0 fully saturated rings. The second kappa shape index (κ2) is 10.8. The fourth-order valence-electron chi connectivity index (χ4n) is 2.35. The van der Waals surface area contributed by atoms with Crippen LogP contribution < -0.4 is 10.1 Å². The molecule has 2 aromatic rings. The molecular weight excluding hydrogens is 435 g/mol. The number of anilines is 1. The topological polar surface area (TPSA) is 115 Å². The van der Waals surface area contributed by atoms with Crippen molar-refractivity contribution in [2.24, 2.45) is 0 Å². The highest BCUT2D eigenvalue weighted by Crippen LogP contribution is 2.27. The molecule has 0 aliphatic heterocycles. The van der Waals surface area contributed by atoms with Gasteiger partial charge >= 0.3 is 5.97 Å².